The molecule has 0 amide bonds. The highest BCUT2D eigenvalue weighted by Gasteiger charge is 2.14. The van der Waals surface area contributed by atoms with E-state index in [1.54, 1.807) is 25.1 Å². The highest BCUT2D eigenvalue weighted by atomic mass is 16.5. The van der Waals surface area contributed by atoms with Crippen LogP contribution < -0.4 is 10.4 Å². The number of carbonyl (C=O) groups excluding carboxylic acids is 1. The Morgan fingerprint density at radius 2 is 1.62 bits per heavy atom. The predicted octanol–water partition coefficient (Wildman–Crippen LogP) is 5.39. The first-order valence-electron chi connectivity index (χ1n) is 9.19. The average molecular weight is 382 g/mol. The van der Waals surface area contributed by atoms with Crippen molar-refractivity contribution in [3.05, 3.63) is 106 Å². The number of carbonyl (C=O) groups is 1. The molecule has 0 radical (unpaired) electrons. The molecule has 0 aliphatic heterocycles. The maximum atomic E-state index is 12.2. The molecule has 0 aliphatic carbocycles. The summed E-state index contributed by atoms with van der Waals surface area (Å²) in [5.74, 6) is -0.147. The Morgan fingerprint density at radius 3 is 2.34 bits per heavy atom. The van der Waals surface area contributed by atoms with Gasteiger partial charge in [0, 0.05) is 23.1 Å². The van der Waals surface area contributed by atoms with Crippen LogP contribution >= 0.6 is 0 Å². The first kappa shape index (κ1) is 18.4. The molecule has 1 heterocycles. The minimum Gasteiger partial charge on any atom is -0.423 e. The molecule has 0 saturated carbocycles. The molecule has 0 aliphatic rings. The summed E-state index contributed by atoms with van der Waals surface area (Å²) in [7, 11) is 0. The number of aryl methyl sites for hydroxylation is 1. The second-order valence-corrected chi connectivity index (χ2v) is 6.58. The van der Waals surface area contributed by atoms with Gasteiger partial charge >= 0.3 is 11.6 Å². The standard InChI is InChI=1S/C25H18O4/c1-17-22(28-23(26)15-12-18-8-4-2-5-9-18)14-13-20-21(16-24(27)29-25(17)20)19-10-6-3-7-11-19/h2-16H,1H3. The number of hydrogen-bond acceptors (Lipinski definition) is 4. The molecule has 29 heavy (non-hydrogen) atoms. The molecule has 0 fully saturated rings. The van der Waals surface area contributed by atoms with E-state index in [-0.39, 0.29) is 0 Å². The van der Waals surface area contributed by atoms with Gasteiger partial charge in [-0.1, -0.05) is 60.7 Å². The fourth-order valence-corrected chi connectivity index (χ4v) is 3.18. The maximum absolute atomic E-state index is 12.2. The summed E-state index contributed by atoms with van der Waals surface area (Å²) in [6, 6.07) is 24.1. The van der Waals surface area contributed by atoms with Crippen LogP contribution in [0.15, 0.2) is 94.2 Å². The Hall–Kier alpha value is -3.92. The van der Waals surface area contributed by atoms with E-state index in [0.717, 1.165) is 22.1 Å². The smallest absolute Gasteiger partial charge is 0.336 e. The maximum Gasteiger partial charge on any atom is 0.336 e. The number of fused-ring (bicyclic) bond motifs is 1. The van der Waals surface area contributed by atoms with Gasteiger partial charge in [-0.05, 0) is 41.8 Å². The third kappa shape index (κ3) is 4.01. The van der Waals surface area contributed by atoms with Crippen molar-refractivity contribution in [1.82, 2.24) is 0 Å². The molecule has 0 spiro atoms. The lowest BCUT2D eigenvalue weighted by Gasteiger charge is -2.11. The Labute approximate surface area is 167 Å². The Morgan fingerprint density at radius 1 is 0.931 bits per heavy atom. The minimum absolute atomic E-state index is 0.355. The third-order valence-corrected chi connectivity index (χ3v) is 4.62. The van der Waals surface area contributed by atoms with Crippen molar-refractivity contribution in [1.29, 1.82) is 0 Å². The number of hydrogen-bond donors (Lipinski definition) is 0. The van der Waals surface area contributed by atoms with Crippen LogP contribution in [-0.2, 0) is 4.79 Å². The molecule has 142 valence electrons. The zero-order chi connectivity index (χ0) is 20.2. The van der Waals surface area contributed by atoms with Crippen LogP contribution in [0.4, 0.5) is 0 Å². The molecule has 1 aromatic heterocycles. The Bertz CT molecular complexity index is 1250. The van der Waals surface area contributed by atoms with E-state index in [2.05, 4.69) is 0 Å². The highest BCUT2D eigenvalue weighted by molar-refractivity contribution is 5.96. The van der Waals surface area contributed by atoms with Gasteiger partial charge in [-0.15, -0.1) is 0 Å². The molecular formula is C25H18O4. The molecule has 0 unspecified atom stereocenters. The topological polar surface area (TPSA) is 56.5 Å². The fraction of sp³-hybridized carbons (Fsp3) is 0.0400. The van der Waals surface area contributed by atoms with E-state index < -0.39 is 11.6 Å². The molecule has 3 aromatic carbocycles. The normalized spacial score (nSPS) is 11.1. The zero-order valence-corrected chi connectivity index (χ0v) is 15.8. The van der Waals surface area contributed by atoms with Gasteiger partial charge in [-0.2, -0.15) is 0 Å². The van der Waals surface area contributed by atoms with Gasteiger partial charge < -0.3 is 9.15 Å². The van der Waals surface area contributed by atoms with Crippen LogP contribution in [0.1, 0.15) is 11.1 Å². The van der Waals surface area contributed by atoms with Gasteiger partial charge in [-0.25, -0.2) is 9.59 Å². The fourth-order valence-electron chi connectivity index (χ4n) is 3.18. The van der Waals surface area contributed by atoms with Crippen molar-refractivity contribution in [3.8, 4) is 16.9 Å². The van der Waals surface area contributed by atoms with E-state index in [4.69, 9.17) is 9.15 Å². The van der Waals surface area contributed by atoms with Crippen molar-refractivity contribution in [2.75, 3.05) is 0 Å². The zero-order valence-electron chi connectivity index (χ0n) is 15.8. The Kier molecular flexibility index (Phi) is 5.08. The van der Waals surface area contributed by atoms with E-state index in [9.17, 15) is 9.59 Å². The summed E-state index contributed by atoms with van der Waals surface area (Å²) in [5.41, 5.74) is 3.15. The highest BCUT2D eigenvalue weighted by Crippen LogP contribution is 2.33. The van der Waals surface area contributed by atoms with Crippen molar-refractivity contribution < 1.29 is 13.9 Å². The number of ether oxygens (including phenoxy) is 1. The molecule has 4 heteroatoms. The summed E-state index contributed by atoms with van der Waals surface area (Å²) in [5, 5.41) is 0.785. The van der Waals surface area contributed by atoms with Crippen LogP contribution in [0.25, 0.3) is 28.2 Å². The van der Waals surface area contributed by atoms with Crippen LogP contribution in [0.5, 0.6) is 5.75 Å². The first-order valence-corrected chi connectivity index (χ1v) is 9.19. The van der Waals surface area contributed by atoms with Crippen molar-refractivity contribution in [2.45, 2.75) is 6.92 Å². The lowest BCUT2D eigenvalue weighted by atomic mass is 10.0. The number of rotatable bonds is 4. The van der Waals surface area contributed by atoms with E-state index >= 15 is 0 Å². The minimum atomic E-state index is -0.502. The van der Waals surface area contributed by atoms with Crippen LogP contribution in [0.3, 0.4) is 0 Å². The summed E-state index contributed by atoms with van der Waals surface area (Å²) in [4.78, 5) is 24.4. The number of benzene rings is 3. The van der Waals surface area contributed by atoms with Crippen molar-refractivity contribution in [2.24, 2.45) is 0 Å². The van der Waals surface area contributed by atoms with Gasteiger partial charge in [0.25, 0.3) is 0 Å². The predicted molar refractivity (Wildman–Crippen MR) is 114 cm³/mol. The summed E-state index contributed by atoms with van der Waals surface area (Å²) >= 11 is 0. The lowest BCUT2D eigenvalue weighted by Crippen LogP contribution is -2.06. The van der Waals surface area contributed by atoms with Crippen molar-refractivity contribution in [3.63, 3.8) is 0 Å². The second kappa shape index (κ2) is 7.98. The quantitative estimate of drug-likeness (QED) is 0.206. The molecule has 4 nitrogen and oxygen atoms in total. The molecule has 0 N–H and O–H groups in total. The third-order valence-electron chi connectivity index (χ3n) is 4.62. The average Bonchev–Trinajstić information content (AvgIpc) is 2.75. The largest absolute Gasteiger partial charge is 0.423 e. The van der Waals surface area contributed by atoms with E-state index in [1.807, 2.05) is 60.7 Å². The summed E-state index contributed by atoms with van der Waals surface area (Å²) in [6.45, 7) is 1.77. The van der Waals surface area contributed by atoms with Gasteiger partial charge in [0.05, 0.1) is 0 Å². The second-order valence-electron chi connectivity index (χ2n) is 6.58. The Balaban J connectivity index is 1.69. The van der Waals surface area contributed by atoms with E-state index in [0.29, 0.717) is 16.9 Å². The molecular weight excluding hydrogens is 364 g/mol. The lowest BCUT2D eigenvalue weighted by molar-refractivity contribution is -0.128. The van der Waals surface area contributed by atoms with Gasteiger partial charge in [0.2, 0.25) is 0 Å². The molecule has 0 bridgehead atoms. The SMILES string of the molecule is Cc1c(OC(=O)C=Cc2ccccc2)ccc2c(-c3ccccc3)cc(=O)oc12. The summed E-state index contributed by atoms with van der Waals surface area (Å²) in [6.07, 6.45) is 3.06. The van der Waals surface area contributed by atoms with Gasteiger partial charge in [-0.3, -0.25) is 0 Å². The molecule has 4 aromatic rings. The van der Waals surface area contributed by atoms with E-state index in [1.165, 1.54) is 12.1 Å². The first-order chi connectivity index (χ1) is 14.1. The van der Waals surface area contributed by atoms with Crippen molar-refractivity contribution >= 4 is 23.0 Å². The molecule has 4 rings (SSSR count). The van der Waals surface area contributed by atoms with Crippen LogP contribution in [0, 0.1) is 6.92 Å². The van der Waals surface area contributed by atoms with Gasteiger partial charge in [0.1, 0.15) is 11.3 Å². The molecule has 0 atom stereocenters. The summed E-state index contributed by atoms with van der Waals surface area (Å²) < 4.78 is 10.9. The monoisotopic (exact) mass is 382 g/mol. The van der Waals surface area contributed by atoms with Crippen LogP contribution in [-0.4, -0.2) is 5.97 Å². The molecule has 0 saturated heterocycles. The van der Waals surface area contributed by atoms with Crippen LogP contribution in [0.2, 0.25) is 0 Å². The number of esters is 1. The van der Waals surface area contributed by atoms with Gasteiger partial charge in [0.15, 0.2) is 0 Å².